The second-order valence-corrected chi connectivity index (χ2v) is 5.86. The van der Waals surface area contributed by atoms with Crippen LogP contribution in [0.15, 0.2) is 47.3 Å². The van der Waals surface area contributed by atoms with Gasteiger partial charge in [0.15, 0.2) is 12.4 Å². The van der Waals surface area contributed by atoms with Gasteiger partial charge in [0.05, 0.1) is 17.6 Å². The molecule has 1 aliphatic rings. The maximum Gasteiger partial charge on any atom is 0.205 e. The van der Waals surface area contributed by atoms with Crippen LogP contribution in [-0.4, -0.2) is 0 Å². The molecule has 2 heterocycles. The van der Waals surface area contributed by atoms with Crippen molar-refractivity contribution >= 4 is 0 Å². The molecule has 0 spiro atoms. The molecule has 1 unspecified atom stereocenters. The molecule has 5 heteroatoms. The van der Waals surface area contributed by atoms with Gasteiger partial charge in [0.1, 0.15) is 17.4 Å². The molecule has 0 amide bonds. The SMILES string of the molecule is CC(C)(C)C1=C(C#N)C(c2cc[nH+]cc2)C(C#N)=C(N)O1. The minimum atomic E-state index is -0.488. The van der Waals surface area contributed by atoms with E-state index in [4.69, 9.17) is 10.5 Å². The van der Waals surface area contributed by atoms with Gasteiger partial charge in [-0.05, 0) is 5.56 Å². The van der Waals surface area contributed by atoms with Crippen LogP contribution in [0.5, 0.6) is 0 Å². The average Bonchev–Trinajstić information content (AvgIpc) is 2.46. The standard InChI is InChI=1S/C16H16N4O/c1-16(2,3)14-11(8-17)13(10-4-6-20-7-5-10)12(9-18)15(19)21-14/h4-7,13H,19H2,1-3H3/p+1. The first-order valence-corrected chi connectivity index (χ1v) is 6.58. The fourth-order valence-corrected chi connectivity index (χ4v) is 2.36. The summed E-state index contributed by atoms with van der Waals surface area (Å²) in [6.07, 6.45) is 3.50. The van der Waals surface area contributed by atoms with Crippen LogP contribution in [0.2, 0.25) is 0 Å². The number of nitrogens with two attached hydrogens (primary N) is 1. The Hall–Kier alpha value is -2.79. The number of hydrogen-bond acceptors (Lipinski definition) is 4. The van der Waals surface area contributed by atoms with Gasteiger partial charge in [-0.1, -0.05) is 20.8 Å². The van der Waals surface area contributed by atoms with Gasteiger partial charge in [0, 0.05) is 17.5 Å². The van der Waals surface area contributed by atoms with Gasteiger partial charge in [-0.15, -0.1) is 0 Å². The fourth-order valence-electron chi connectivity index (χ4n) is 2.36. The number of hydrogen-bond donors (Lipinski definition) is 1. The predicted molar refractivity (Wildman–Crippen MR) is 75.7 cm³/mol. The third-order valence-electron chi connectivity index (χ3n) is 3.30. The molecule has 1 aliphatic heterocycles. The van der Waals surface area contributed by atoms with Crippen LogP contribution in [0.4, 0.5) is 0 Å². The normalized spacial score (nSPS) is 18.8. The molecule has 106 valence electrons. The summed E-state index contributed by atoms with van der Waals surface area (Å²) in [5.74, 6) is 0.0937. The second-order valence-electron chi connectivity index (χ2n) is 5.86. The molecule has 0 aliphatic carbocycles. The van der Waals surface area contributed by atoms with E-state index in [1.807, 2.05) is 32.9 Å². The van der Waals surface area contributed by atoms with Crippen LogP contribution in [0.25, 0.3) is 0 Å². The van der Waals surface area contributed by atoms with Crippen LogP contribution in [0.3, 0.4) is 0 Å². The number of H-pyrrole nitrogens is 1. The summed E-state index contributed by atoms with van der Waals surface area (Å²) in [6.45, 7) is 5.83. The molecule has 1 atom stereocenters. The summed E-state index contributed by atoms with van der Waals surface area (Å²) in [6, 6.07) is 7.93. The Kier molecular flexibility index (Phi) is 3.69. The van der Waals surface area contributed by atoms with Crippen LogP contribution in [-0.2, 0) is 4.74 Å². The van der Waals surface area contributed by atoms with E-state index < -0.39 is 5.92 Å². The maximum absolute atomic E-state index is 9.59. The molecule has 21 heavy (non-hydrogen) atoms. The van der Waals surface area contributed by atoms with Gasteiger partial charge >= 0.3 is 0 Å². The zero-order chi connectivity index (χ0) is 15.6. The highest BCUT2D eigenvalue weighted by atomic mass is 16.5. The van der Waals surface area contributed by atoms with E-state index in [-0.39, 0.29) is 16.9 Å². The zero-order valence-corrected chi connectivity index (χ0v) is 12.3. The minimum absolute atomic E-state index is 0.0688. The number of nitrogens with one attached hydrogen (secondary N) is 1. The number of aromatic amines is 1. The van der Waals surface area contributed by atoms with Crippen LogP contribution < -0.4 is 10.7 Å². The zero-order valence-electron chi connectivity index (χ0n) is 12.3. The Morgan fingerprint density at radius 2 is 1.71 bits per heavy atom. The van der Waals surface area contributed by atoms with E-state index in [1.54, 1.807) is 12.4 Å². The number of pyridine rings is 1. The van der Waals surface area contributed by atoms with Gasteiger partial charge in [-0.25, -0.2) is 4.98 Å². The Bertz CT molecular complexity index is 697. The van der Waals surface area contributed by atoms with Crippen molar-refractivity contribution in [2.75, 3.05) is 0 Å². The Balaban J connectivity index is 2.71. The van der Waals surface area contributed by atoms with Gasteiger partial charge in [-0.2, -0.15) is 10.5 Å². The highest BCUT2D eigenvalue weighted by molar-refractivity contribution is 5.53. The average molecular weight is 281 g/mol. The molecule has 1 aromatic heterocycles. The summed E-state index contributed by atoms with van der Waals surface area (Å²) in [5.41, 5.74) is 7.05. The van der Waals surface area contributed by atoms with Gasteiger partial charge < -0.3 is 10.5 Å². The van der Waals surface area contributed by atoms with Crippen LogP contribution in [0.1, 0.15) is 32.3 Å². The molecular weight excluding hydrogens is 264 g/mol. The Labute approximate surface area is 124 Å². The van der Waals surface area contributed by atoms with Crippen molar-refractivity contribution in [2.24, 2.45) is 11.1 Å². The van der Waals surface area contributed by atoms with E-state index in [2.05, 4.69) is 17.1 Å². The van der Waals surface area contributed by atoms with Crippen molar-refractivity contribution in [3.63, 3.8) is 0 Å². The number of ether oxygens (including phenoxy) is 1. The van der Waals surface area contributed by atoms with Crippen molar-refractivity contribution in [1.82, 2.24) is 0 Å². The molecule has 2 rings (SSSR count). The van der Waals surface area contributed by atoms with Gasteiger partial charge in [0.2, 0.25) is 5.88 Å². The number of rotatable bonds is 1. The van der Waals surface area contributed by atoms with E-state index in [9.17, 15) is 10.5 Å². The quantitative estimate of drug-likeness (QED) is 0.852. The summed E-state index contributed by atoms with van der Waals surface area (Å²) in [4.78, 5) is 2.93. The smallest absolute Gasteiger partial charge is 0.205 e. The monoisotopic (exact) mass is 281 g/mol. The molecule has 0 fully saturated rings. The lowest BCUT2D eigenvalue weighted by atomic mass is 9.79. The van der Waals surface area contributed by atoms with Gasteiger partial charge in [0.25, 0.3) is 0 Å². The predicted octanol–water partition coefficient (Wildman–Crippen LogP) is 2.13. The Morgan fingerprint density at radius 1 is 1.14 bits per heavy atom. The molecule has 1 aromatic rings. The molecule has 0 bridgehead atoms. The van der Waals surface area contributed by atoms with E-state index in [1.165, 1.54) is 0 Å². The molecule has 0 radical (unpaired) electrons. The topological polar surface area (TPSA) is 97.0 Å². The van der Waals surface area contributed by atoms with Crippen molar-refractivity contribution in [2.45, 2.75) is 26.7 Å². The molecule has 3 N–H and O–H groups in total. The first-order chi connectivity index (χ1) is 9.90. The number of allylic oxidation sites excluding steroid dienone is 3. The molecular formula is C16H17N4O+. The highest BCUT2D eigenvalue weighted by Crippen LogP contribution is 2.43. The molecule has 0 saturated carbocycles. The summed E-state index contributed by atoms with van der Waals surface area (Å²) in [5, 5.41) is 19.0. The summed E-state index contributed by atoms with van der Waals surface area (Å²) < 4.78 is 5.59. The van der Waals surface area contributed by atoms with Crippen molar-refractivity contribution in [3.05, 3.63) is 52.9 Å². The van der Waals surface area contributed by atoms with Crippen LogP contribution >= 0.6 is 0 Å². The largest absolute Gasteiger partial charge is 0.443 e. The second kappa shape index (κ2) is 5.30. The van der Waals surface area contributed by atoms with Crippen molar-refractivity contribution in [3.8, 4) is 12.1 Å². The highest BCUT2D eigenvalue weighted by Gasteiger charge is 2.37. The number of aromatic nitrogens is 1. The lowest BCUT2D eigenvalue weighted by Gasteiger charge is -2.31. The third kappa shape index (κ3) is 2.59. The Morgan fingerprint density at radius 3 is 2.19 bits per heavy atom. The minimum Gasteiger partial charge on any atom is -0.443 e. The molecule has 5 nitrogen and oxygen atoms in total. The molecule has 0 aromatic carbocycles. The fraction of sp³-hybridized carbons (Fsp3) is 0.312. The summed E-state index contributed by atoms with van der Waals surface area (Å²) in [7, 11) is 0. The third-order valence-corrected chi connectivity index (χ3v) is 3.30. The van der Waals surface area contributed by atoms with Crippen molar-refractivity contribution < 1.29 is 9.72 Å². The first kappa shape index (κ1) is 14.6. The number of nitriles is 2. The van der Waals surface area contributed by atoms with Gasteiger partial charge in [-0.3, -0.25) is 0 Å². The van der Waals surface area contributed by atoms with E-state index >= 15 is 0 Å². The van der Waals surface area contributed by atoms with Crippen molar-refractivity contribution in [1.29, 1.82) is 10.5 Å². The summed E-state index contributed by atoms with van der Waals surface area (Å²) >= 11 is 0. The van der Waals surface area contributed by atoms with E-state index in [0.29, 0.717) is 11.3 Å². The van der Waals surface area contributed by atoms with E-state index in [0.717, 1.165) is 5.56 Å². The lowest BCUT2D eigenvalue weighted by Crippen LogP contribution is -2.26. The number of nitrogens with zero attached hydrogens (tertiary/aromatic N) is 2. The van der Waals surface area contributed by atoms with Crippen LogP contribution in [0, 0.1) is 28.1 Å². The first-order valence-electron chi connectivity index (χ1n) is 6.58. The lowest BCUT2D eigenvalue weighted by molar-refractivity contribution is -0.378. The molecule has 0 saturated heterocycles. The maximum atomic E-state index is 9.59.